The number of halogens is 1. The molecule has 0 saturated heterocycles. The van der Waals surface area contributed by atoms with Crippen LogP contribution in [-0.4, -0.2) is 65.8 Å². The van der Waals surface area contributed by atoms with Crippen LogP contribution in [0.15, 0.2) is 24.3 Å². The Morgan fingerprint density at radius 2 is 1.86 bits per heavy atom. The smallest absolute Gasteiger partial charge is 0.276 e. The van der Waals surface area contributed by atoms with E-state index in [0.717, 1.165) is 17.9 Å². The van der Waals surface area contributed by atoms with Crippen molar-refractivity contribution in [1.82, 2.24) is 19.9 Å². The number of nitrogens with two attached hydrogens (primary N) is 1. The summed E-state index contributed by atoms with van der Waals surface area (Å²) >= 11 is 0. The Hall–Kier alpha value is -2.16. The molecule has 29 heavy (non-hydrogen) atoms. The van der Waals surface area contributed by atoms with E-state index >= 15 is 0 Å². The molecule has 0 bridgehead atoms. The van der Waals surface area contributed by atoms with E-state index in [2.05, 4.69) is 24.0 Å². The zero-order chi connectivity index (χ0) is 20.7. The molecule has 8 nitrogen and oxygen atoms in total. The van der Waals surface area contributed by atoms with Gasteiger partial charge in [-0.1, -0.05) is 13.8 Å². The summed E-state index contributed by atoms with van der Waals surface area (Å²) in [6.07, 6.45) is 0.748. The van der Waals surface area contributed by atoms with Gasteiger partial charge in [0.25, 0.3) is 5.91 Å². The van der Waals surface area contributed by atoms with Crippen LogP contribution >= 0.6 is 12.4 Å². The largest absolute Gasteiger partial charge is 0.491 e. The van der Waals surface area contributed by atoms with Gasteiger partial charge >= 0.3 is 0 Å². The fourth-order valence-electron chi connectivity index (χ4n) is 2.57. The number of hydrogen-bond donors (Lipinski definition) is 1. The van der Waals surface area contributed by atoms with Gasteiger partial charge in [0.15, 0.2) is 5.69 Å². The average molecular weight is 426 g/mol. The first-order chi connectivity index (χ1) is 13.3. The highest BCUT2D eigenvalue weighted by atomic mass is 35.5. The highest BCUT2D eigenvalue weighted by Gasteiger charge is 2.21. The Morgan fingerprint density at radius 3 is 2.45 bits per heavy atom. The third-order valence-corrected chi connectivity index (χ3v) is 4.61. The summed E-state index contributed by atoms with van der Waals surface area (Å²) in [6, 6.07) is 7.44. The molecule has 1 amide bonds. The lowest BCUT2D eigenvalue weighted by atomic mass is 10.0. The summed E-state index contributed by atoms with van der Waals surface area (Å²) in [5.74, 6) is 0.967. The van der Waals surface area contributed by atoms with Crippen LogP contribution in [0.2, 0.25) is 0 Å². The predicted octanol–water partition coefficient (Wildman–Crippen LogP) is 2.47. The van der Waals surface area contributed by atoms with Gasteiger partial charge < -0.3 is 20.1 Å². The minimum Gasteiger partial charge on any atom is -0.491 e. The van der Waals surface area contributed by atoms with E-state index in [1.54, 1.807) is 26.0 Å². The van der Waals surface area contributed by atoms with Crippen molar-refractivity contribution in [1.29, 1.82) is 0 Å². The van der Waals surface area contributed by atoms with E-state index in [4.69, 9.17) is 15.2 Å². The van der Waals surface area contributed by atoms with Gasteiger partial charge in [-0.2, -0.15) is 9.90 Å². The molecule has 2 N–H and O–H groups in total. The van der Waals surface area contributed by atoms with Crippen LogP contribution in [-0.2, 0) is 4.74 Å². The maximum absolute atomic E-state index is 12.7. The standard InChI is InChI=1S/C20H31N5O3.ClH/c1-14(2)18(21)10-11-24(4)20(26)19-15(3)22-25(23-19)16-6-8-17(9-7-16)28-13-12-27-5;/h6-9,14,18H,10-13,21H2,1-5H3;1H. The van der Waals surface area contributed by atoms with E-state index in [-0.39, 0.29) is 24.4 Å². The highest BCUT2D eigenvalue weighted by Crippen LogP contribution is 2.16. The van der Waals surface area contributed by atoms with E-state index in [9.17, 15) is 4.79 Å². The number of methoxy groups -OCH3 is 1. The minimum absolute atomic E-state index is 0. The molecule has 0 saturated carbocycles. The van der Waals surface area contributed by atoms with E-state index in [0.29, 0.717) is 37.1 Å². The Labute approximate surface area is 178 Å². The molecule has 1 atom stereocenters. The zero-order valence-corrected chi connectivity index (χ0v) is 18.6. The number of amides is 1. The summed E-state index contributed by atoms with van der Waals surface area (Å²) in [6.45, 7) is 7.54. The number of rotatable bonds is 10. The summed E-state index contributed by atoms with van der Waals surface area (Å²) in [5.41, 5.74) is 7.77. The first-order valence-electron chi connectivity index (χ1n) is 9.50. The van der Waals surface area contributed by atoms with Gasteiger partial charge in [0.2, 0.25) is 0 Å². The molecule has 0 spiro atoms. The molecule has 2 rings (SSSR count). The second-order valence-electron chi connectivity index (χ2n) is 7.18. The molecule has 1 aromatic carbocycles. The van der Waals surface area contributed by atoms with Crippen LogP contribution in [0.3, 0.4) is 0 Å². The minimum atomic E-state index is -0.153. The van der Waals surface area contributed by atoms with Crippen LogP contribution < -0.4 is 10.5 Å². The van der Waals surface area contributed by atoms with Crippen molar-refractivity contribution in [2.45, 2.75) is 33.2 Å². The predicted molar refractivity (Wildman–Crippen MR) is 115 cm³/mol. The van der Waals surface area contributed by atoms with Crippen molar-refractivity contribution < 1.29 is 14.3 Å². The third kappa shape index (κ3) is 6.99. The zero-order valence-electron chi connectivity index (χ0n) is 17.8. The van der Waals surface area contributed by atoms with Crippen molar-refractivity contribution >= 4 is 18.3 Å². The van der Waals surface area contributed by atoms with Crippen molar-refractivity contribution in [2.24, 2.45) is 11.7 Å². The SMILES string of the molecule is COCCOc1ccc(-n2nc(C)c(C(=O)N(C)CCC(N)C(C)C)n2)cc1.Cl. The Balaban J connectivity index is 0.00000420. The van der Waals surface area contributed by atoms with Crippen molar-refractivity contribution in [3.63, 3.8) is 0 Å². The number of aromatic nitrogens is 3. The van der Waals surface area contributed by atoms with Crippen molar-refractivity contribution in [2.75, 3.05) is 33.9 Å². The lowest BCUT2D eigenvalue weighted by Gasteiger charge is -2.20. The fourth-order valence-corrected chi connectivity index (χ4v) is 2.57. The number of aryl methyl sites for hydroxylation is 1. The molecular weight excluding hydrogens is 394 g/mol. The summed E-state index contributed by atoms with van der Waals surface area (Å²) < 4.78 is 10.5. The molecule has 162 valence electrons. The number of carbonyl (C=O) groups excluding carboxylic acids is 1. The van der Waals surface area contributed by atoms with E-state index in [1.807, 2.05) is 24.3 Å². The Bertz CT molecular complexity index is 764. The monoisotopic (exact) mass is 425 g/mol. The van der Waals surface area contributed by atoms with E-state index in [1.165, 1.54) is 4.80 Å². The van der Waals surface area contributed by atoms with Gasteiger partial charge in [-0.25, -0.2) is 0 Å². The molecule has 0 aliphatic carbocycles. The van der Waals surface area contributed by atoms with Crippen LogP contribution in [0.1, 0.15) is 36.5 Å². The number of carbonyl (C=O) groups is 1. The summed E-state index contributed by atoms with van der Waals surface area (Å²) in [5, 5.41) is 8.78. The number of ether oxygens (including phenoxy) is 2. The normalized spacial score (nSPS) is 11.8. The summed E-state index contributed by atoms with van der Waals surface area (Å²) in [7, 11) is 3.40. The lowest BCUT2D eigenvalue weighted by Crippen LogP contribution is -2.35. The molecule has 0 aliphatic rings. The molecule has 9 heteroatoms. The fraction of sp³-hybridized carbons (Fsp3) is 0.550. The van der Waals surface area contributed by atoms with Gasteiger partial charge in [-0.05, 0) is 43.5 Å². The number of nitrogens with zero attached hydrogens (tertiary/aromatic N) is 4. The second-order valence-corrected chi connectivity index (χ2v) is 7.18. The van der Waals surface area contributed by atoms with Crippen LogP contribution in [0.4, 0.5) is 0 Å². The van der Waals surface area contributed by atoms with Crippen molar-refractivity contribution in [3.05, 3.63) is 35.7 Å². The molecule has 1 aromatic heterocycles. The summed E-state index contributed by atoms with van der Waals surface area (Å²) in [4.78, 5) is 15.8. The van der Waals surface area contributed by atoms with Gasteiger partial charge in [-0.15, -0.1) is 17.5 Å². The molecule has 0 aliphatic heterocycles. The quantitative estimate of drug-likeness (QED) is 0.587. The molecule has 1 heterocycles. The van der Waals surface area contributed by atoms with Crippen molar-refractivity contribution in [3.8, 4) is 11.4 Å². The van der Waals surface area contributed by atoms with Gasteiger partial charge in [0.05, 0.1) is 18.0 Å². The highest BCUT2D eigenvalue weighted by molar-refractivity contribution is 5.93. The maximum atomic E-state index is 12.7. The molecule has 2 aromatic rings. The molecule has 0 fully saturated rings. The molecule has 0 radical (unpaired) electrons. The Morgan fingerprint density at radius 1 is 1.21 bits per heavy atom. The van der Waals surface area contributed by atoms with Gasteiger partial charge in [0, 0.05) is 26.7 Å². The maximum Gasteiger partial charge on any atom is 0.276 e. The lowest BCUT2D eigenvalue weighted by molar-refractivity contribution is 0.0782. The number of benzene rings is 1. The third-order valence-electron chi connectivity index (χ3n) is 4.61. The molecule has 1 unspecified atom stereocenters. The Kier molecular flexibility index (Phi) is 10.1. The second kappa shape index (κ2) is 11.7. The number of hydrogen-bond acceptors (Lipinski definition) is 6. The molecular formula is C20H32ClN5O3. The van der Waals surface area contributed by atoms with E-state index < -0.39 is 0 Å². The van der Waals surface area contributed by atoms with Gasteiger partial charge in [0.1, 0.15) is 12.4 Å². The van der Waals surface area contributed by atoms with Crippen LogP contribution in [0, 0.1) is 12.8 Å². The topological polar surface area (TPSA) is 95.5 Å². The van der Waals surface area contributed by atoms with Crippen LogP contribution in [0.5, 0.6) is 5.75 Å². The first-order valence-corrected chi connectivity index (χ1v) is 9.50. The van der Waals surface area contributed by atoms with Gasteiger partial charge in [-0.3, -0.25) is 4.79 Å². The van der Waals surface area contributed by atoms with Crippen LogP contribution in [0.25, 0.3) is 5.69 Å². The first kappa shape index (κ1) is 24.9. The average Bonchev–Trinajstić information content (AvgIpc) is 3.07.